The Morgan fingerprint density at radius 3 is 2.06 bits per heavy atom. The van der Waals surface area contributed by atoms with Crippen LogP contribution in [-0.4, -0.2) is 24.6 Å². The van der Waals surface area contributed by atoms with Gasteiger partial charge in [-0.25, -0.2) is 0 Å². The maximum absolute atomic E-state index is 10.5. The summed E-state index contributed by atoms with van der Waals surface area (Å²) in [4.78, 5) is 10.5. The van der Waals surface area contributed by atoms with Crippen molar-refractivity contribution in [2.45, 2.75) is 13.8 Å². The van der Waals surface area contributed by atoms with Crippen LogP contribution in [0.15, 0.2) is 30.3 Å². The number of rotatable bonds is 2. The number of nitrogens with one attached hydrogen (secondary N) is 1. The molecule has 0 aliphatic carbocycles. The van der Waals surface area contributed by atoms with Gasteiger partial charge in [-0.1, -0.05) is 18.2 Å². The molecule has 1 aromatic rings. The summed E-state index contributed by atoms with van der Waals surface area (Å²) in [6.45, 7) is 2.86. The molecule has 0 saturated heterocycles. The summed E-state index contributed by atoms with van der Waals surface area (Å²) in [5, 5.41) is 2.67. The van der Waals surface area contributed by atoms with E-state index in [0.717, 1.165) is 5.69 Å². The minimum atomic E-state index is -3.66. The molecule has 0 aliphatic rings. The molecule has 0 radical (unpaired) electrons. The van der Waals surface area contributed by atoms with Gasteiger partial charge in [0.2, 0.25) is 5.91 Å². The van der Waals surface area contributed by atoms with E-state index in [-0.39, 0.29) is 11.7 Å². The molecule has 0 atom stereocenters. The predicted molar refractivity (Wildman–Crippen MR) is 62.8 cm³/mol. The summed E-state index contributed by atoms with van der Waals surface area (Å²) in [5.74, 6) is -0.237. The number of carbonyl (C=O) groups excluding carboxylic acids is 1. The fraction of sp³-hybridized carbons (Fsp3) is 0.300. The van der Waals surface area contributed by atoms with E-state index < -0.39 is 10.1 Å². The smallest absolute Gasteiger partial charge is 0.264 e. The zero-order valence-electron chi connectivity index (χ0n) is 9.17. The fourth-order valence-electron chi connectivity index (χ4n) is 0.725. The Morgan fingerprint density at radius 1 is 1.31 bits per heavy atom. The second-order valence-corrected chi connectivity index (χ2v) is 4.66. The molecular weight excluding hydrogens is 230 g/mol. The molecule has 5 nitrogen and oxygen atoms in total. The molecule has 90 valence electrons. The highest BCUT2D eigenvalue weighted by molar-refractivity contribution is 7.85. The van der Waals surface area contributed by atoms with Gasteiger partial charge in [0.05, 0.1) is 5.75 Å². The monoisotopic (exact) mass is 245 g/mol. The maximum atomic E-state index is 10.5. The first-order valence-electron chi connectivity index (χ1n) is 4.63. The molecule has 2 N–H and O–H groups in total. The molecule has 0 spiro atoms. The van der Waals surface area contributed by atoms with Gasteiger partial charge in [0.1, 0.15) is 0 Å². The van der Waals surface area contributed by atoms with Crippen LogP contribution in [0.25, 0.3) is 0 Å². The van der Waals surface area contributed by atoms with Crippen molar-refractivity contribution in [2.24, 2.45) is 0 Å². The van der Waals surface area contributed by atoms with Gasteiger partial charge in [0.25, 0.3) is 10.1 Å². The topological polar surface area (TPSA) is 83.5 Å². The van der Waals surface area contributed by atoms with Crippen molar-refractivity contribution < 1.29 is 17.8 Å². The van der Waals surface area contributed by atoms with Crippen molar-refractivity contribution in [1.29, 1.82) is 0 Å². The second-order valence-electron chi connectivity index (χ2n) is 2.92. The van der Waals surface area contributed by atoms with Crippen molar-refractivity contribution >= 4 is 21.7 Å². The van der Waals surface area contributed by atoms with Crippen molar-refractivity contribution in [3.05, 3.63) is 30.3 Å². The van der Waals surface area contributed by atoms with Gasteiger partial charge < -0.3 is 5.32 Å². The van der Waals surface area contributed by atoms with E-state index in [1.165, 1.54) is 13.8 Å². The Kier molecular flexibility index (Phi) is 6.36. The molecule has 0 unspecified atom stereocenters. The van der Waals surface area contributed by atoms with Crippen LogP contribution in [-0.2, 0) is 14.9 Å². The largest absolute Gasteiger partial charge is 0.326 e. The average Bonchev–Trinajstić information content (AvgIpc) is 2.18. The SMILES string of the molecule is CC(=O)Nc1ccccc1.CCS(=O)(=O)O. The van der Waals surface area contributed by atoms with Gasteiger partial charge >= 0.3 is 0 Å². The Balaban J connectivity index is 0.000000325. The van der Waals surface area contributed by atoms with Crippen LogP contribution in [0, 0.1) is 0 Å². The molecular formula is C10H15NO4S. The fourth-order valence-corrected chi connectivity index (χ4v) is 0.725. The minimum Gasteiger partial charge on any atom is -0.326 e. The zero-order chi connectivity index (χ0) is 12.6. The molecule has 1 amide bonds. The molecule has 1 aromatic carbocycles. The lowest BCUT2D eigenvalue weighted by molar-refractivity contribution is -0.114. The summed E-state index contributed by atoms with van der Waals surface area (Å²) in [6, 6.07) is 9.37. The van der Waals surface area contributed by atoms with E-state index in [4.69, 9.17) is 4.55 Å². The number of amides is 1. The third-order valence-electron chi connectivity index (χ3n) is 1.46. The molecule has 0 saturated carbocycles. The van der Waals surface area contributed by atoms with Gasteiger partial charge in [-0.3, -0.25) is 9.35 Å². The van der Waals surface area contributed by atoms with Crippen molar-refractivity contribution in [2.75, 3.05) is 11.1 Å². The quantitative estimate of drug-likeness (QED) is 0.774. The minimum absolute atomic E-state index is 0.0359. The van der Waals surface area contributed by atoms with Crippen LogP contribution in [0.1, 0.15) is 13.8 Å². The number of hydrogen-bond acceptors (Lipinski definition) is 3. The van der Waals surface area contributed by atoms with Gasteiger partial charge in [-0.2, -0.15) is 8.42 Å². The van der Waals surface area contributed by atoms with Gasteiger partial charge in [-0.15, -0.1) is 0 Å². The standard InChI is InChI=1S/C8H9NO.C2H6O3S/c1-7(10)9-8-5-3-2-4-6-8;1-2-6(3,4)5/h2-6H,1H3,(H,9,10);2H2,1H3,(H,3,4,5). The average molecular weight is 245 g/mol. The lowest BCUT2D eigenvalue weighted by Crippen LogP contribution is -2.04. The van der Waals surface area contributed by atoms with Gasteiger partial charge in [0, 0.05) is 12.6 Å². The van der Waals surface area contributed by atoms with Crippen molar-refractivity contribution in [3.63, 3.8) is 0 Å². The molecule has 0 aliphatic heterocycles. The lowest BCUT2D eigenvalue weighted by Gasteiger charge is -1.98. The van der Waals surface area contributed by atoms with Crippen LogP contribution < -0.4 is 5.32 Å². The first-order valence-corrected chi connectivity index (χ1v) is 6.24. The molecule has 0 bridgehead atoms. The first-order chi connectivity index (χ1) is 7.35. The summed E-state index contributed by atoms with van der Waals surface area (Å²) in [6.07, 6.45) is 0. The van der Waals surface area contributed by atoms with E-state index >= 15 is 0 Å². The molecule has 0 fully saturated rings. The first kappa shape index (κ1) is 14.6. The van der Waals surface area contributed by atoms with Crippen LogP contribution >= 0.6 is 0 Å². The van der Waals surface area contributed by atoms with Crippen LogP contribution in [0.5, 0.6) is 0 Å². The van der Waals surface area contributed by atoms with E-state index in [0.29, 0.717) is 0 Å². The second kappa shape index (κ2) is 6.97. The molecule has 1 rings (SSSR count). The molecule has 0 heterocycles. The normalized spacial score (nSPS) is 9.94. The molecule has 0 aromatic heterocycles. The Bertz CT molecular complexity index is 414. The number of carbonyl (C=O) groups is 1. The summed E-state index contributed by atoms with van der Waals surface area (Å²) >= 11 is 0. The summed E-state index contributed by atoms with van der Waals surface area (Å²) in [5.41, 5.74) is 0.843. The zero-order valence-corrected chi connectivity index (χ0v) is 9.99. The van der Waals surface area contributed by atoms with E-state index in [2.05, 4.69) is 5.32 Å². The Morgan fingerprint density at radius 2 is 1.75 bits per heavy atom. The Hall–Kier alpha value is -1.40. The van der Waals surface area contributed by atoms with E-state index in [9.17, 15) is 13.2 Å². The summed E-state index contributed by atoms with van der Waals surface area (Å²) < 4.78 is 26.9. The Labute approximate surface area is 95.2 Å². The van der Waals surface area contributed by atoms with Crippen molar-refractivity contribution in [1.82, 2.24) is 0 Å². The van der Waals surface area contributed by atoms with Crippen molar-refractivity contribution in [3.8, 4) is 0 Å². The van der Waals surface area contributed by atoms with Gasteiger partial charge in [-0.05, 0) is 19.1 Å². The number of hydrogen-bond donors (Lipinski definition) is 2. The van der Waals surface area contributed by atoms with E-state index in [1.807, 2.05) is 30.3 Å². The van der Waals surface area contributed by atoms with E-state index in [1.54, 1.807) is 0 Å². The van der Waals surface area contributed by atoms with Crippen LogP contribution in [0.4, 0.5) is 5.69 Å². The highest BCUT2D eigenvalue weighted by Crippen LogP contribution is 2.03. The third kappa shape index (κ3) is 9.17. The number of para-hydroxylation sites is 1. The van der Waals surface area contributed by atoms with Crippen LogP contribution in [0.3, 0.4) is 0 Å². The lowest BCUT2D eigenvalue weighted by atomic mass is 10.3. The third-order valence-corrected chi connectivity index (χ3v) is 2.19. The summed E-state index contributed by atoms with van der Waals surface area (Å²) in [7, 11) is -3.66. The molecule has 16 heavy (non-hydrogen) atoms. The van der Waals surface area contributed by atoms with Gasteiger partial charge in [0.15, 0.2) is 0 Å². The number of anilines is 1. The number of benzene rings is 1. The molecule has 6 heteroatoms. The highest BCUT2D eigenvalue weighted by Gasteiger charge is 1.93. The highest BCUT2D eigenvalue weighted by atomic mass is 32.2. The predicted octanol–water partition coefficient (Wildman–Crippen LogP) is 1.54. The van der Waals surface area contributed by atoms with Crippen LogP contribution in [0.2, 0.25) is 0 Å². The maximum Gasteiger partial charge on any atom is 0.264 e.